The highest BCUT2D eigenvalue weighted by molar-refractivity contribution is 9.10. The number of hydrogen-bond donors (Lipinski definition) is 1. The predicted molar refractivity (Wildman–Crippen MR) is 90.1 cm³/mol. The minimum absolute atomic E-state index is 0.0790. The van der Waals surface area contributed by atoms with Crippen molar-refractivity contribution in [1.29, 1.82) is 0 Å². The average Bonchev–Trinajstić information content (AvgIpc) is 2.95. The maximum absolute atomic E-state index is 11.4. The zero-order chi connectivity index (χ0) is 15.5. The molecule has 1 fully saturated rings. The summed E-state index contributed by atoms with van der Waals surface area (Å²) < 4.78 is 6.40. The Labute approximate surface area is 141 Å². The molecule has 1 amide bonds. The van der Waals surface area contributed by atoms with E-state index >= 15 is 0 Å². The molecule has 1 aromatic carbocycles. The van der Waals surface area contributed by atoms with Gasteiger partial charge in [0.2, 0.25) is 5.91 Å². The van der Waals surface area contributed by atoms with Crippen LogP contribution in [-0.2, 0) is 11.3 Å². The lowest BCUT2D eigenvalue weighted by molar-refractivity contribution is -0.124. The van der Waals surface area contributed by atoms with E-state index in [1.54, 1.807) is 18.4 Å². The number of amides is 1. The number of carbonyl (C=O) groups is 1. The lowest BCUT2D eigenvalue weighted by atomic mass is 10.2. The topological polar surface area (TPSA) is 54.5 Å². The van der Waals surface area contributed by atoms with Gasteiger partial charge in [-0.25, -0.2) is 4.98 Å². The molecule has 1 saturated heterocycles. The monoisotopic (exact) mass is 381 g/mol. The third-order valence-electron chi connectivity index (χ3n) is 3.45. The smallest absolute Gasteiger partial charge is 0.234 e. The lowest BCUT2D eigenvalue weighted by Gasteiger charge is -2.25. The maximum Gasteiger partial charge on any atom is 0.234 e. The molecule has 1 aromatic heterocycles. The minimum atomic E-state index is 0.0790. The number of thiazole rings is 1. The van der Waals surface area contributed by atoms with Gasteiger partial charge >= 0.3 is 0 Å². The second kappa shape index (κ2) is 6.76. The first-order valence-corrected chi connectivity index (χ1v) is 8.60. The first-order valence-electron chi connectivity index (χ1n) is 6.93. The Bertz CT molecular complexity index is 689. The van der Waals surface area contributed by atoms with Crippen LogP contribution in [0.25, 0.3) is 10.6 Å². The summed E-state index contributed by atoms with van der Waals surface area (Å²) in [5, 5.41) is 5.80. The van der Waals surface area contributed by atoms with E-state index in [2.05, 4.69) is 26.1 Å². The Morgan fingerprint density at radius 1 is 1.50 bits per heavy atom. The molecule has 0 radical (unpaired) electrons. The average molecular weight is 382 g/mol. The summed E-state index contributed by atoms with van der Waals surface area (Å²) in [5.74, 6) is 0.886. The Kier molecular flexibility index (Phi) is 4.75. The molecule has 116 valence electrons. The van der Waals surface area contributed by atoms with Crippen molar-refractivity contribution in [3.05, 3.63) is 33.7 Å². The number of hydrogen-bond acceptors (Lipinski definition) is 5. The fourth-order valence-electron chi connectivity index (χ4n) is 2.41. The third kappa shape index (κ3) is 3.48. The zero-order valence-corrected chi connectivity index (χ0v) is 14.5. The number of nitrogens with one attached hydrogen (secondary N) is 1. The summed E-state index contributed by atoms with van der Waals surface area (Å²) >= 11 is 5.08. The van der Waals surface area contributed by atoms with Crippen LogP contribution in [0.3, 0.4) is 0 Å². The normalized spacial score (nSPS) is 15.6. The van der Waals surface area contributed by atoms with E-state index in [9.17, 15) is 4.79 Å². The second-order valence-electron chi connectivity index (χ2n) is 5.05. The first-order chi connectivity index (χ1) is 10.7. The summed E-state index contributed by atoms with van der Waals surface area (Å²) in [6, 6.07) is 5.88. The van der Waals surface area contributed by atoms with Gasteiger partial charge in [0.15, 0.2) is 0 Å². The standard InChI is InChI=1S/C15H16BrN3O2S/c1-21-13-3-2-10(16)6-12(13)15-18-11(9-22-15)7-19-5-4-17-14(20)8-19/h2-3,6,9H,4-5,7-8H2,1H3,(H,17,20). The van der Waals surface area contributed by atoms with Gasteiger partial charge < -0.3 is 10.1 Å². The molecule has 0 atom stereocenters. The highest BCUT2D eigenvalue weighted by atomic mass is 79.9. The molecule has 22 heavy (non-hydrogen) atoms. The molecule has 0 bridgehead atoms. The van der Waals surface area contributed by atoms with Gasteiger partial charge in [-0.3, -0.25) is 9.69 Å². The van der Waals surface area contributed by atoms with Gasteiger partial charge in [-0.1, -0.05) is 15.9 Å². The quantitative estimate of drug-likeness (QED) is 0.883. The fraction of sp³-hybridized carbons (Fsp3) is 0.333. The van der Waals surface area contributed by atoms with E-state index in [-0.39, 0.29) is 5.91 Å². The van der Waals surface area contributed by atoms with Crippen LogP contribution in [0.1, 0.15) is 5.69 Å². The number of nitrogens with zero attached hydrogens (tertiary/aromatic N) is 2. The number of rotatable bonds is 4. The molecule has 0 spiro atoms. The van der Waals surface area contributed by atoms with Crippen LogP contribution in [0, 0.1) is 0 Å². The van der Waals surface area contributed by atoms with Crippen molar-refractivity contribution < 1.29 is 9.53 Å². The van der Waals surface area contributed by atoms with Crippen LogP contribution in [0.5, 0.6) is 5.75 Å². The minimum Gasteiger partial charge on any atom is -0.496 e. The number of piperazine rings is 1. The van der Waals surface area contributed by atoms with Gasteiger partial charge in [0.25, 0.3) is 0 Å². The summed E-state index contributed by atoms with van der Waals surface area (Å²) in [6.07, 6.45) is 0. The highest BCUT2D eigenvalue weighted by Gasteiger charge is 2.18. The molecule has 5 nitrogen and oxygen atoms in total. The van der Waals surface area contributed by atoms with Gasteiger partial charge in [-0.2, -0.15) is 0 Å². The molecule has 3 rings (SSSR count). The van der Waals surface area contributed by atoms with Crippen molar-refractivity contribution >= 4 is 33.2 Å². The predicted octanol–water partition coefficient (Wildman–Crippen LogP) is 2.51. The Hall–Kier alpha value is -1.44. The number of methoxy groups -OCH3 is 1. The summed E-state index contributed by atoms with van der Waals surface area (Å²) in [5.41, 5.74) is 1.96. The maximum atomic E-state index is 11.4. The van der Waals surface area contributed by atoms with Gasteiger partial charge in [0.05, 0.1) is 24.9 Å². The number of aromatic nitrogens is 1. The molecule has 1 aliphatic rings. The van der Waals surface area contributed by atoms with Crippen molar-refractivity contribution in [3.63, 3.8) is 0 Å². The van der Waals surface area contributed by atoms with Crippen molar-refractivity contribution in [3.8, 4) is 16.3 Å². The number of ether oxygens (including phenoxy) is 1. The van der Waals surface area contributed by atoms with E-state index in [4.69, 9.17) is 9.72 Å². The van der Waals surface area contributed by atoms with E-state index in [1.165, 1.54) is 0 Å². The molecular formula is C15H16BrN3O2S. The van der Waals surface area contributed by atoms with Crippen LogP contribution >= 0.6 is 27.3 Å². The largest absolute Gasteiger partial charge is 0.496 e. The van der Waals surface area contributed by atoms with E-state index < -0.39 is 0 Å². The third-order valence-corrected chi connectivity index (χ3v) is 4.86. The fourth-order valence-corrected chi connectivity index (χ4v) is 3.60. The molecule has 7 heteroatoms. The Morgan fingerprint density at radius 2 is 2.36 bits per heavy atom. The molecular weight excluding hydrogens is 366 g/mol. The van der Waals surface area contributed by atoms with E-state index in [1.807, 2.05) is 23.6 Å². The van der Waals surface area contributed by atoms with Crippen molar-refractivity contribution in [2.45, 2.75) is 6.54 Å². The van der Waals surface area contributed by atoms with Gasteiger partial charge in [0.1, 0.15) is 10.8 Å². The van der Waals surface area contributed by atoms with Gasteiger partial charge in [-0.05, 0) is 18.2 Å². The second-order valence-corrected chi connectivity index (χ2v) is 6.82. The van der Waals surface area contributed by atoms with E-state index in [0.29, 0.717) is 19.6 Å². The molecule has 2 heterocycles. The van der Waals surface area contributed by atoms with Crippen molar-refractivity contribution in [1.82, 2.24) is 15.2 Å². The molecule has 2 aromatic rings. The van der Waals surface area contributed by atoms with Crippen LogP contribution in [0.4, 0.5) is 0 Å². The highest BCUT2D eigenvalue weighted by Crippen LogP contribution is 2.34. The van der Waals surface area contributed by atoms with E-state index in [0.717, 1.165) is 33.0 Å². The summed E-state index contributed by atoms with van der Waals surface area (Å²) in [7, 11) is 1.66. The molecule has 0 unspecified atom stereocenters. The molecule has 0 saturated carbocycles. The number of halogens is 1. The van der Waals surface area contributed by atoms with Crippen LogP contribution in [0.15, 0.2) is 28.1 Å². The molecule has 1 N–H and O–H groups in total. The first kappa shape index (κ1) is 15.5. The lowest BCUT2D eigenvalue weighted by Crippen LogP contribution is -2.47. The SMILES string of the molecule is COc1ccc(Br)cc1-c1nc(CN2CCNC(=O)C2)cs1. The van der Waals surface area contributed by atoms with Crippen LogP contribution < -0.4 is 10.1 Å². The summed E-state index contributed by atoms with van der Waals surface area (Å²) in [6.45, 7) is 2.70. The van der Waals surface area contributed by atoms with Gasteiger partial charge in [-0.15, -0.1) is 11.3 Å². The Morgan fingerprint density at radius 3 is 3.14 bits per heavy atom. The Balaban J connectivity index is 1.79. The van der Waals surface area contributed by atoms with Gasteiger partial charge in [0, 0.05) is 29.5 Å². The molecule has 1 aliphatic heterocycles. The summed E-state index contributed by atoms with van der Waals surface area (Å²) in [4.78, 5) is 18.2. The van der Waals surface area contributed by atoms with Crippen LogP contribution in [0.2, 0.25) is 0 Å². The van der Waals surface area contributed by atoms with Crippen LogP contribution in [-0.4, -0.2) is 42.5 Å². The van der Waals surface area contributed by atoms with Crippen molar-refractivity contribution in [2.24, 2.45) is 0 Å². The zero-order valence-electron chi connectivity index (χ0n) is 12.1. The molecule has 0 aliphatic carbocycles. The van der Waals surface area contributed by atoms with Crippen molar-refractivity contribution in [2.75, 3.05) is 26.7 Å². The number of carbonyl (C=O) groups excluding carboxylic acids is 1. The number of benzene rings is 1.